The molecule has 6 heterocycles. The van der Waals surface area contributed by atoms with E-state index in [4.69, 9.17) is 0 Å². The first kappa shape index (κ1) is 27.2. The van der Waals surface area contributed by atoms with Crippen molar-refractivity contribution in [3.05, 3.63) is 58.1 Å². The topological polar surface area (TPSA) is 119 Å². The summed E-state index contributed by atoms with van der Waals surface area (Å²) in [7, 11) is 5.13. The number of carbonyl (C=O) groups is 1. The number of carboxylic acids is 1. The number of nitrogens with one attached hydrogen (secondary N) is 2. The predicted molar refractivity (Wildman–Crippen MR) is 158 cm³/mol. The number of hydrogen-bond donors (Lipinski definition) is 3. The molecule has 3 N–H and O–H groups in total. The van der Waals surface area contributed by atoms with Gasteiger partial charge in [-0.05, 0) is 19.5 Å². The fourth-order valence-corrected chi connectivity index (χ4v) is 7.15. The van der Waals surface area contributed by atoms with Crippen molar-refractivity contribution in [2.75, 3.05) is 50.6 Å². The number of aryl methyl sites for hydroxylation is 1. The summed E-state index contributed by atoms with van der Waals surface area (Å²) >= 11 is 0. The van der Waals surface area contributed by atoms with Crippen molar-refractivity contribution in [2.45, 2.75) is 12.5 Å². The van der Waals surface area contributed by atoms with E-state index in [1.807, 2.05) is 7.05 Å². The van der Waals surface area contributed by atoms with Crippen LogP contribution in [0.2, 0.25) is 0 Å². The summed E-state index contributed by atoms with van der Waals surface area (Å²) in [6.07, 6.45) is 4.89. The van der Waals surface area contributed by atoms with Gasteiger partial charge in [0.1, 0.15) is 16.9 Å². The van der Waals surface area contributed by atoms with Crippen LogP contribution in [0.1, 0.15) is 16.8 Å². The third kappa shape index (κ3) is 3.76. The summed E-state index contributed by atoms with van der Waals surface area (Å²) in [5.74, 6) is -3.44. The maximum atomic E-state index is 15.7. The number of H-pyrrole nitrogens is 1. The summed E-state index contributed by atoms with van der Waals surface area (Å²) in [6, 6.07) is 2.36. The third-order valence-corrected chi connectivity index (χ3v) is 9.14. The van der Waals surface area contributed by atoms with E-state index in [0.29, 0.717) is 65.1 Å². The van der Waals surface area contributed by atoms with Crippen LogP contribution in [0.25, 0.3) is 44.1 Å². The van der Waals surface area contributed by atoms with E-state index in [1.165, 1.54) is 10.8 Å². The zero-order chi connectivity index (χ0) is 30.4. The minimum Gasteiger partial charge on any atom is -0.477 e. The first-order chi connectivity index (χ1) is 20.6. The predicted octanol–water partition coefficient (Wildman–Crippen LogP) is 4.13. The molecule has 0 radical (unpaired) electrons. The van der Waals surface area contributed by atoms with Gasteiger partial charge in [-0.2, -0.15) is 0 Å². The van der Waals surface area contributed by atoms with Gasteiger partial charge in [-0.1, -0.05) is 0 Å². The van der Waals surface area contributed by atoms with E-state index in [0.717, 1.165) is 6.07 Å². The zero-order valence-electron chi connectivity index (χ0n) is 23.6. The Morgan fingerprint density at radius 3 is 2.72 bits per heavy atom. The normalized spacial score (nSPS) is 20.5. The second-order valence-electron chi connectivity index (χ2n) is 11.6. The highest BCUT2D eigenvalue weighted by atomic mass is 19.2. The minimum absolute atomic E-state index is 0.00521. The molecule has 43 heavy (non-hydrogen) atoms. The summed E-state index contributed by atoms with van der Waals surface area (Å²) < 4.78 is 46.9. The molecule has 0 saturated carbocycles. The number of alkyl halides is 1. The lowest BCUT2D eigenvalue weighted by molar-refractivity contribution is 0.0695. The maximum absolute atomic E-state index is 15.7. The Morgan fingerprint density at radius 2 is 2.00 bits per heavy atom. The fraction of sp³-hybridized carbons (Fsp3) is 0.333. The molecule has 7 rings (SSSR count). The van der Waals surface area contributed by atoms with Crippen LogP contribution in [0.15, 0.2) is 35.5 Å². The number of aromatic carboxylic acids is 1. The molecule has 13 heteroatoms. The van der Waals surface area contributed by atoms with Crippen LogP contribution in [-0.2, 0) is 7.05 Å². The van der Waals surface area contributed by atoms with Crippen molar-refractivity contribution in [1.82, 2.24) is 24.4 Å². The van der Waals surface area contributed by atoms with Crippen molar-refractivity contribution in [3.63, 3.8) is 0 Å². The van der Waals surface area contributed by atoms with Crippen molar-refractivity contribution in [3.8, 4) is 11.1 Å². The molecular weight excluding hydrogens is 563 g/mol. The molecule has 2 aliphatic heterocycles. The molecule has 2 saturated heterocycles. The van der Waals surface area contributed by atoms with E-state index in [2.05, 4.69) is 30.1 Å². The van der Waals surface area contributed by atoms with Crippen molar-refractivity contribution < 1.29 is 23.1 Å². The van der Waals surface area contributed by atoms with E-state index >= 15 is 4.39 Å². The van der Waals surface area contributed by atoms with Crippen molar-refractivity contribution in [1.29, 1.82) is 0 Å². The second kappa shape index (κ2) is 9.43. The molecular formula is C30H28F3N7O3. The number of likely N-dealkylation sites (tertiary alicyclic amines) is 1. The third-order valence-electron chi connectivity index (χ3n) is 9.14. The molecule has 10 nitrogen and oxygen atoms in total. The second-order valence-corrected chi connectivity index (χ2v) is 11.6. The first-order valence-corrected chi connectivity index (χ1v) is 13.8. The van der Waals surface area contributed by atoms with Gasteiger partial charge < -0.3 is 29.8 Å². The first-order valence-electron chi connectivity index (χ1n) is 13.8. The van der Waals surface area contributed by atoms with Crippen LogP contribution in [0, 0.1) is 17.0 Å². The molecule has 222 valence electrons. The number of carboxylic acid groups (broad SMARTS) is 1. The highest BCUT2D eigenvalue weighted by molar-refractivity contribution is 6.18. The number of likely N-dealkylation sites (N-methyl/N-ethyl adjacent to an activating group) is 1. The Morgan fingerprint density at radius 1 is 1.21 bits per heavy atom. The van der Waals surface area contributed by atoms with Gasteiger partial charge in [-0.15, -0.1) is 0 Å². The molecule has 4 aromatic heterocycles. The van der Waals surface area contributed by atoms with Gasteiger partial charge in [-0.25, -0.2) is 23.5 Å². The van der Waals surface area contributed by atoms with Gasteiger partial charge in [0, 0.05) is 74.9 Å². The van der Waals surface area contributed by atoms with Crippen LogP contribution < -0.4 is 15.6 Å². The number of rotatable bonds is 5. The Hall–Kier alpha value is -4.65. The quantitative estimate of drug-likeness (QED) is 0.279. The summed E-state index contributed by atoms with van der Waals surface area (Å²) in [5.41, 5.74) is 0.963. The van der Waals surface area contributed by atoms with E-state index in [9.17, 15) is 23.5 Å². The zero-order valence-corrected chi connectivity index (χ0v) is 23.6. The standard InChI is InChI=1S/C30H28F3N7O3/c1-34-19-7-18(32)23(33)21-22-25(40-5-4-30(12-31)13-38(2)11-20(30)40)16(9-35-27(22)37-24(19)21)14-6-15-26(41)17(29(42)43)10-39(3)28(15)36-8-14/h6-10,20,34H,4-5,11-13H2,1-3H3,(H,35,37)(H,42,43). The molecule has 2 atom stereocenters. The van der Waals surface area contributed by atoms with Gasteiger partial charge in [0.25, 0.3) is 0 Å². The maximum Gasteiger partial charge on any atom is 0.341 e. The average Bonchev–Trinajstić information content (AvgIpc) is 3.65. The largest absolute Gasteiger partial charge is 0.477 e. The number of hydrogen-bond acceptors (Lipinski definition) is 7. The Labute approximate surface area is 242 Å². The SMILES string of the molecule is CNc1cc(F)c(F)c2c1[nH]c1ncc(-c3cnc4c(c3)c(=O)c(C(=O)O)cn4C)c(N3CCC4(CF)CN(C)CC34)c12. The molecule has 2 fully saturated rings. The lowest BCUT2D eigenvalue weighted by Crippen LogP contribution is -2.40. The van der Waals surface area contributed by atoms with Crippen LogP contribution in [0.3, 0.4) is 0 Å². The molecule has 2 unspecified atom stereocenters. The Kier molecular flexibility index (Phi) is 5.96. The molecule has 0 amide bonds. The van der Waals surface area contributed by atoms with Gasteiger partial charge in [0.15, 0.2) is 11.6 Å². The minimum atomic E-state index is -1.36. The molecule has 2 aliphatic rings. The van der Waals surface area contributed by atoms with E-state index < -0.39 is 40.7 Å². The lowest BCUT2D eigenvalue weighted by Gasteiger charge is -2.32. The number of nitrogens with zero attached hydrogens (tertiary/aromatic N) is 5. The number of aromatic nitrogens is 4. The number of pyridine rings is 3. The monoisotopic (exact) mass is 591 g/mol. The summed E-state index contributed by atoms with van der Waals surface area (Å²) in [5, 5.41) is 12.9. The van der Waals surface area contributed by atoms with E-state index in [1.54, 1.807) is 32.6 Å². The van der Waals surface area contributed by atoms with Crippen LogP contribution >= 0.6 is 0 Å². The summed E-state index contributed by atoms with van der Waals surface area (Å²) in [4.78, 5) is 41.3. The highest BCUT2D eigenvalue weighted by Crippen LogP contribution is 2.50. The molecule has 5 aromatic rings. The van der Waals surface area contributed by atoms with Crippen LogP contribution in [0.5, 0.6) is 0 Å². The number of aromatic amines is 1. The number of fused-ring (bicyclic) bond motifs is 5. The van der Waals surface area contributed by atoms with Gasteiger partial charge in [-0.3, -0.25) is 9.18 Å². The Balaban J connectivity index is 1.58. The molecule has 0 bridgehead atoms. The fourth-order valence-electron chi connectivity index (χ4n) is 7.15. The van der Waals surface area contributed by atoms with Gasteiger partial charge >= 0.3 is 5.97 Å². The summed E-state index contributed by atoms with van der Waals surface area (Å²) in [6.45, 7) is 1.05. The molecule has 0 aliphatic carbocycles. The number of halogens is 3. The van der Waals surface area contributed by atoms with Gasteiger partial charge in [0.05, 0.1) is 45.8 Å². The Bertz CT molecular complexity index is 2060. The average molecular weight is 592 g/mol. The highest BCUT2D eigenvalue weighted by Gasteiger charge is 2.53. The number of benzene rings is 1. The van der Waals surface area contributed by atoms with Crippen LogP contribution in [-0.4, -0.2) is 81.9 Å². The number of anilines is 2. The van der Waals surface area contributed by atoms with Crippen molar-refractivity contribution >= 4 is 50.3 Å². The molecule has 0 spiro atoms. The molecule has 1 aromatic carbocycles. The smallest absolute Gasteiger partial charge is 0.341 e. The van der Waals surface area contributed by atoms with E-state index in [-0.39, 0.29) is 22.5 Å². The van der Waals surface area contributed by atoms with Crippen molar-refractivity contribution in [2.24, 2.45) is 12.5 Å². The lowest BCUT2D eigenvalue weighted by atomic mass is 9.84. The van der Waals surface area contributed by atoms with Crippen LogP contribution in [0.4, 0.5) is 24.5 Å². The van der Waals surface area contributed by atoms with Gasteiger partial charge in [0.2, 0.25) is 5.43 Å².